The van der Waals surface area contributed by atoms with Gasteiger partial charge in [-0.05, 0) is 44.4 Å². The summed E-state index contributed by atoms with van der Waals surface area (Å²) in [5.41, 5.74) is 2.39. The molecular formula is C20H22FN5O2. The van der Waals surface area contributed by atoms with Crippen molar-refractivity contribution in [2.45, 2.75) is 39.3 Å². The minimum atomic E-state index is -0.297. The van der Waals surface area contributed by atoms with E-state index in [0.717, 1.165) is 35.4 Å². The molecule has 0 bridgehead atoms. The lowest BCUT2D eigenvalue weighted by molar-refractivity contribution is 0.204. The number of aromatic nitrogens is 3. The molecule has 1 aromatic carbocycles. The van der Waals surface area contributed by atoms with Crippen molar-refractivity contribution in [3.63, 3.8) is 0 Å². The normalized spacial score (nSPS) is 16.5. The van der Waals surface area contributed by atoms with Gasteiger partial charge in [-0.2, -0.15) is 5.10 Å². The molecule has 1 atom stereocenters. The quantitative estimate of drug-likeness (QED) is 0.738. The van der Waals surface area contributed by atoms with Crippen molar-refractivity contribution in [3.8, 4) is 0 Å². The van der Waals surface area contributed by atoms with Crippen LogP contribution in [0.2, 0.25) is 0 Å². The topological polar surface area (TPSA) is 76.2 Å². The van der Waals surface area contributed by atoms with Crippen LogP contribution in [0, 0.1) is 19.7 Å². The second-order valence-electron chi connectivity index (χ2n) is 7.11. The number of hydrogen-bond acceptors (Lipinski definition) is 4. The Kier molecular flexibility index (Phi) is 4.85. The third kappa shape index (κ3) is 3.62. The second-order valence-corrected chi connectivity index (χ2v) is 7.11. The van der Waals surface area contributed by atoms with Crippen molar-refractivity contribution in [1.29, 1.82) is 0 Å². The van der Waals surface area contributed by atoms with E-state index >= 15 is 0 Å². The van der Waals surface area contributed by atoms with Crippen LogP contribution in [0.25, 0.3) is 0 Å². The number of nitrogens with one attached hydrogen (secondary N) is 1. The van der Waals surface area contributed by atoms with Crippen LogP contribution in [0.15, 0.2) is 41.1 Å². The van der Waals surface area contributed by atoms with Gasteiger partial charge >= 0.3 is 6.03 Å². The van der Waals surface area contributed by atoms with Crippen LogP contribution in [0.3, 0.4) is 0 Å². The average molecular weight is 383 g/mol. The zero-order valence-corrected chi connectivity index (χ0v) is 15.9. The number of carbonyl (C=O) groups excluding carboxylic acids is 1. The molecule has 3 aromatic rings. The molecule has 0 saturated carbocycles. The third-order valence-corrected chi connectivity index (χ3v) is 4.97. The van der Waals surface area contributed by atoms with Crippen LogP contribution < -0.4 is 5.32 Å². The van der Waals surface area contributed by atoms with E-state index in [1.165, 1.54) is 12.1 Å². The lowest BCUT2D eigenvalue weighted by Gasteiger charge is -2.23. The fourth-order valence-corrected chi connectivity index (χ4v) is 3.60. The number of aryl methyl sites for hydroxylation is 2. The van der Waals surface area contributed by atoms with Gasteiger partial charge in [0.15, 0.2) is 0 Å². The van der Waals surface area contributed by atoms with Crippen LogP contribution in [0.1, 0.15) is 41.5 Å². The number of carbonyl (C=O) groups is 1. The van der Waals surface area contributed by atoms with E-state index in [0.29, 0.717) is 18.9 Å². The first-order chi connectivity index (χ1) is 13.5. The molecule has 4 rings (SSSR count). The number of rotatable bonds is 4. The summed E-state index contributed by atoms with van der Waals surface area (Å²) in [7, 11) is 0. The van der Waals surface area contributed by atoms with E-state index < -0.39 is 0 Å². The molecule has 1 saturated heterocycles. The Balaban J connectivity index is 1.52. The van der Waals surface area contributed by atoms with E-state index in [1.807, 2.05) is 26.0 Å². The van der Waals surface area contributed by atoms with Crippen molar-refractivity contribution in [1.82, 2.24) is 19.8 Å². The maximum Gasteiger partial charge on any atom is 0.323 e. The number of hydrogen-bond donors (Lipinski definition) is 1. The predicted octanol–water partition coefficient (Wildman–Crippen LogP) is 4.04. The highest BCUT2D eigenvalue weighted by Gasteiger charge is 2.32. The number of likely N-dealkylation sites (tertiary alicyclic amines) is 1. The summed E-state index contributed by atoms with van der Waals surface area (Å²) in [6.45, 7) is 4.74. The lowest BCUT2D eigenvalue weighted by atomic mass is 10.1. The summed E-state index contributed by atoms with van der Waals surface area (Å²) < 4.78 is 20.3. The van der Waals surface area contributed by atoms with Crippen molar-refractivity contribution in [2.75, 3.05) is 11.9 Å². The molecule has 8 heteroatoms. The highest BCUT2D eigenvalue weighted by atomic mass is 19.1. The van der Waals surface area contributed by atoms with Crippen LogP contribution >= 0.6 is 0 Å². The molecule has 1 N–H and O–H groups in total. The number of anilines is 1. The molecule has 1 fully saturated rings. The predicted molar refractivity (Wildman–Crippen MR) is 101 cm³/mol. The second kappa shape index (κ2) is 7.46. The first-order valence-corrected chi connectivity index (χ1v) is 9.29. The molecule has 28 heavy (non-hydrogen) atoms. The lowest BCUT2D eigenvalue weighted by Crippen LogP contribution is -2.35. The molecule has 0 aliphatic carbocycles. The monoisotopic (exact) mass is 383 g/mol. The summed E-state index contributed by atoms with van der Waals surface area (Å²) in [6.07, 6.45) is 3.45. The van der Waals surface area contributed by atoms with Gasteiger partial charge in [-0.25, -0.2) is 13.9 Å². The minimum absolute atomic E-state index is 0.0997. The Labute approximate surface area is 162 Å². The van der Waals surface area contributed by atoms with E-state index in [-0.39, 0.29) is 17.9 Å². The first-order valence-electron chi connectivity index (χ1n) is 9.29. The van der Waals surface area contributed by atoms with E-state index in [1.54, 1.807) is 21.8 Å². The maximum absolute atomic E-state index is 13.5. The SMILES string of the molecule is Cc1cc([C@@H]2CCCN2C(=O)Nc2c(C)cnn2Cc2cccc(F)c2)no1. The molecule has 2 amide bonds. The highest BCUT2D eigenvalue weighted by Crippen LogP contribution is 2.32. The van der Waals surface area contributed by atoms with Crippen molar-refractivity contribution < 1.29 is 13.7 Å². The summed E-state index contributed by atoms with van der Waals surface area (Å²) in [4.78, 5) is 14.7. The molecule has 1 aliphatic rings. The van der Waals surface area contributed by atoms with Crippen molar-refractivity contribution >= 4 is 11.8 Å². The van der Waals surface area contributed by atoms with Gasteiger partial charge in [-0.3, -0.25) is 5.32 Å². The summed E-state index contributed by atoms with van der Waals surface area (Å²) in [5, 5.41) is 11.4. The zero-order valence-electron chi connectivity index (χ0n) is 15.9. The van der Waals surface area contributed by atoms with E-state index in [2.05, 4.69) is 15.6 Å². The molecule has 0 unspecified atom stereocenters. The Hall–Kier alpha value is -3.16. The number of benzene rings is 1. The van der Waals surface area contributed by atoms with E-state index in [4.69, 9.17) is 4.52 Å². The maximum atomic E-state index is 13.5. The van der Waals surface area contributed by atoms with Gasteiger partial charge in [0.1, 0.15) is 23.1 Å². The number of amides is 2. The molecule has 0 spiro atoms. The fraction of sp³-hybridized carbons (Fsp3) is 0.350. The smallest absolute Gasteiger partial charge is 0.323 e. The van der Waals surface area contributed by atoms with E-state index in [9.17, 15) is 9.18 Å². The molecule has 2 aromatic heterocycles. The summed E-state index contributed by atoms with van der Waals surface area (Å²) in [5.74, 6) is 1.04. The van der Waals surface area contributed by atoms with Gasteiger partial charge in [0, 0.05) is 18.2 Å². The van der Waals surface area contributed by atoms with Crippen molar-refractivity contribution in [2.24, 2.45) is 0 Å². The van der Waals surface area contributed by atoms with Crippen LogP contribution in [0.5, 0.6) is 0 Å². The Morgan fingerprint density at radius 3 is 2.96 bits per heavy atom. The van der Waals surface area contributed by atoms with Gasteiger partial charge in [-0.1, -0.05) is 17.3 Å². The van der Waals surface area contributed by atoms with Crippen LogP contribution in [0.4, 0.5) is 15.0 Å². The third-order valence-electron chi connectivity index (χ3n) is 4.97. The molecule has 7 nitrogen and oxygen atoms in total. The molecule has 146 valence electrons. The van der Waals surface area contributed by atoms with Crippen LogP contribution in [-0.2, 0) is 6.54 Å². The Morgan fingerprint density at radius 1 is 1.36 bits per heavy atom. The molecule has 1 aliphatic heterocycles. The van der Waals surface area contributed by atoms with Crippen molar-refractivity contribution in [3.05, 3.63) is 64.9 Å². The number of urea groups is 1. The standard InChI is InChI=1S/C20H22FN5O2/c1-13-11-22-26(12-15-5-3-6-16(21)10-15)19(13)23-20(27)25-8-4-7-18(25)17-9-14(2)28-24-17/h3,5-6,9-11,18H,4,7-8,12H2,1-2H3,(H,23,27)/t18-/m0/s1. The van der Waals surface area contributed by atoms with Gasteiger partial charge in [0.2, 0.25) is 0 Å². The van der Waals surface area contributed by atoms with Gasteiger partial charge in [-0.15, -0.1) is 0 Å². The average Bonchev–Trinajstić information content (AvgIpc) is 3.38. The zero-order chi connectivity index (χ0) is 19.7. The highest BCUT2D eigenvalue weighted by molar-refractivity contribution is 5.89. The number of halogens is 1. The fourth-order valence-electron chi connectivity index (χ4n) is 3.60. The molecule has 0 radical (unpaired) electrons. The summed E-state index contributed by atoms with van der Waals surface area (Å²) >= 11 is 0. The molecular weight excluding hydrogens is 361 g/mol. The van der Waals surface area contributed by atoms with Gasteiger partial charge in [0.25, 0.3) is 0 Å². The Bertz CT molecular complexity index is 996. The van der Waals surface area contributed by atoms with Gasteiger partial charge in [0.05, 0.1) is 18.8 Å². The molecule has 3 heterocycles. The Morgan fingerprint density at radius 2 is 2.21 bits per heavy atom. The minimum Gasteiger partial charge on any atom is -0.361 e. The van der Waals surface area contributed by atoms with Gasteiger partial charge < -0.3 is 9.42 Å². The first kappa shape index (κ1) is 18.2. The summed E-state index contributed by atoms with van der Waals surface area (Å²) in [6, 6.07) is 7.93. The number of nitrogens with zero attached hydrogens (tertiary/aromatic N) is 4. The van der Waals surface area contributed by atoms with Crippen LogP contribution in [-0.4, -0.2) is 32.4 Å². The largest absolute Gasteiger partial charge is 0.361 e.